The number of halogens is 1. The summed E-state index contributed by atoms with van der Waals surface area (Å²) in [5.41, 5.74) is 0.592. The van der Waals surface area contributed by atoms with E-state index < -0.39 is 0 Å². The minimum absolute atomic E-state index is 0.0836. The average Bonchev–Trinajstić information content (AvgIpc) is 2.56. The Morgan fingerprint density at radius 2 is 1.79 bits per heavy atom. The minimum Gasteiger partial charge on any atom is -0.342 e. The van der Waals surface area contributed by atoms with E-state index in [2.05, 4.69) is 4.90 Å². The Morgan fingerprint density at radius 3 is 2.42 bits per heavy atom. The van der Waals surface area contributed by atoms with Gasteiger partial charge >= 0.3 is 0 Å². The Bertz CT molecular complexity index is 571. The van der Waals surface area contributed by atoms with Crippen LogP contribution in [0.15, 0.2) is 24.3 Å². The van der Waals surface area contributed by atoms with Gasteiger partial charge in [-0.15, -0.1) is 0 Å². The molecule has 1 fully saturated rings. The first-order valence-corrected chi connectivity index (χ1v) is 8.42. The summed E-state index contributed by atoms with van der Waals surface area (Å²) >= 11 is 0. The maximum absolute atomic E-state index is 13.7. The fourth-order valence-corrected chi connectivity index (χ4v) is 2.83. The van der Waals surface area contributed by atoms with Gasteiger partial charge in [0.2, 0.25) is 11.8 Å². The van der Waals surface area contributed by atoms with Gasteiger partial charge in [0.05, 0.1) is 0 Å². The van der Waals surface area contributed by atoms with Crippen molar-refractivity contribution in [3.63, 3.8) is 0 Å². The van der Waals surface area contributed by atoms with Gasteiger partial charge in [-0.1, -0.05) is 18.2 Å². The predicted molar refractivity (Wildman–Crippen MR) is 91.1 cm³/mol. The summed E-state index contributed by atoms with van der Waals surface area (Å²) in [5.74, 6) is -0.257. The molecule has 1 aromatic carbocycles. The third kappa shape index (κ3) is 5.30. The number of likely N-dealkylation sites (N-methyl/N-ethyl adjacent to an activating group) is 1. The zero-order valence-corrected chi connectivity index (χ0v) is 14.5. The van der Waals surface area contributed by atoms with Crippen LogP contribution in [0.25, 0.3) is 0 Å². The molecule has 24 heavy (non-hydrogen) atoms. The Kier molecular flexibility index (Phi) is 6.73. The van der Waals surface area contributed by atoms with Crippen LogP contribution in [0.1, 0.15) is 18.9 Å². The minimum atomic E-state index is -0.255. The fourth-order valence-electron chi connectivity index (χ4n) is 2.83. The standard InChI is InChI=1S/C18H26FN3O2/c1-15(23)21(9-7-16-5-3-4-6-17(16)19)10-8-18(24)22-13-11-20(2)12-14-22/h3-6H,7-14H2,1-2H3. The van der Waals surface area contributed by atoms with Crippen LogP contribution >= 0.6 is 0 Å². The van der Waals surface area contributed by atoms with E-state index in [4.69, 9.17) is 0 Å². The molecular weight excluding hydrogens is 309 g/mol. The molecule has 0 radical (unpaired) electrons. The number of rotatable bonds is 6. The van der Waals surface area contributed by atoms with Gasteiger partial charge in [0.15, 0.2) is 0 Å². The lowest BCUT2D eigenvalue weighted by Crippen LogP contribution is -2.48. The summed E-state index contributed by atoms with van der Waals surface area (Å²) in [6.07, 6.45) is 0.773. The van der Waals surface area contributed by atoms with Crippen LogP contribution in [0.3, 0.4) is 0 Å². The molecule has 1 aliphatic rings. The maximum atomic E-state index is 13.7. The van der Waals surface area contributed by atoms with Crippen LogP contribution in [-0.4, -0.2) is 72.8 Å². The van der Waals surface area contributed by atoms with Gasteiger partial charge in [0, 0.05) is 52.6 Å². The van der Waals surface area contributed by atoms with Crippen LogP contribution < -0.4 is 0 Å². The lowest BCUT2D eigenvalue weighted by atomic mass is 10.1. The molecule has 0 aliphatic carbocycles. The van der Waals surface area contributed by atoms with E-state index in [1.165, 1.54) is 13.0 Å². The van der Waals surface area contributed by atoms with Crippen molar-refractivity contribution < 1.29 is 14.0 Å². The number of nitrogens with zero attached hydrogens (tertiary/aromatic N) is 3. The first kappa shape index (κ1) is 18.4. The van der Waals surface area contributed by atoms with E-state index in [-0.39, 0.29) is 17.6 Å². The molecule has 0 unspecified atom stereocenters. The molecular formula is C18H26FN3O2. The summed E-state index contributed by atoms with van der Waals surface area (Å²) in [7, 11) is 2.04. The summed E-state index contributed by atoms with van der Waals surface area (Å²) in [6, 6.07) is 6.58. The first-order valence-electron chi connectivity index (χ1n) is 8.42. The number of amides is 2. The first-order chi connectivity index (χ1) is 11.5. The summed E-state index contributed by atoms with van der Waals surface area (Å²) in [4.78, 5) is 29.7. The van der Waals surface area contributed by atoms with E-state index in [1.807, 2.05) is 11.9 Å². The quantitative estimate of drug-likeness (QED) is 0.789. The van der Waals surface area contributed by atoms with Crippen molar-refractivity contribution >= 4 is 11.8 Å². The summed E-state index contributed by atoms with van der Waals surface area (Å²) in [5, 5.41) is 0. The van der Waals surface area contributed by atoms with E-state index >= 15 is 0 Å². The van der Waals surface area contributed by atoms with Crippen molar-refractivity contribution in [2.45, 2.75) is 19.8 Å². The van der Waals surface area contributed by atoms with Crippen LogP contribution in [0.5, 0.6) is 0 Å². The number of benzene rings is 1. The van der Waals surface area contributed by atoms with Crippen molar-refractivity contribution in [2.75, 3.05) is 46.3 Å². The topological polar surface area (TPSA) is 43.9 Å². The molecule has 132 valence electrons. The number of hydrogen-bond donors (Lipinski definition) is 0. The van der Waals surface area contributed by atoms with Crippen LogP contribution in [0, 0.1) is 5.82 Å². The number of carbonyl (C=O) groups is 2. The van der Waals surface area contributed by atoms with Crippen LogP contribution in [0.2, 0.25) is 0 Å². The third-order valence-electron chi connectivity index (χ3n) is 4.51. The lowest BCUT2D eigenvalue weighted by Gasteiger charge is -2.33. The second kappa shape index (κ2) is 8.78. The van der Waals surface area contributed by atoms with Gasteiger partial charge in [-0.25, -0.2) is 4.39 Å². The van der Waals surface area contributed by atoms with Crippen molar-refractivity contribution in [1.82, 2.24) is 14.7 Å². The van der Waals surface area contributed by atoms with Crippen LogP contribution in [-0.2, 0) is 16.0 Å². The van der Waals surface area contributed by atoms with Crippen LogP contribution in [0.4, 0.5) is 4.39 Å². The second-order valence-electron chi connectivity index (χ2n) is 6.28. The number of piperazine rings is 1. The highest BCUT2D eigenvalue weighted by atomic mass is 19.1. The molecule has 5 nitrogen and oxygen atoms in total. The lowest BCUT2D eigenvalue weighted by molar-refractivity contribution is -0.134. The molecule has 0 bridgehead atoms. The van der Waals surface area contributed by atoms with Gasteiger partial charge in [0.1, 0.15) is 5.82 Å². The fraction of sp³-hybridized carbons (Fsp3) is 0.556. The van der Waals surface area contributed by atoms with Gasteiger partial charge in [-0.3, -0.25) is 9.59 Å². The summed E-state index contributed by atoms with van der Waals surface area (Å²) in [6.45, 7) is 5.54. The van der Waals surface area contributed by atoms with Crippen molar-refractivity contribution in [1.29, 1.82) is 0 Å². The molecule has 0 aromatic heterocycles. The van der Waals surface area contributed by atoms with Gasteiger partial charge in [0.25, 0.3) is 0 Å². The number of carbonyl (C=O) groups excluding carboxylic acids is 2. The Hall–Kier alpha value is -1.95. The zero-order chi connectivity index (χ0) is 17.5. The Balaban J connectivity index is 1.82. The largest absolute Gasteiger partial charge is 0.342 e. The second-order valence-corrected chi connectivity index (χ2v) is 6.28. The average molecular weight is 335 g/mol. The van der Waals surface area contributed by atoms with Crippen molar-refractivity contribution in [3.8, 4) is 0 Å². The van der Waals surface area contributed by atoms with Gasteiger partial charge in [-0.2, -0.15) is 0 Å². The molecule has 1 aromatic rings. The molecule has 0 N–H and O–H groups in total. The summed E-state index contributed by atoms with van der Waals surface area (Å²) < 4.78 is 13.7. The molecule has 0 spiro atoms. The van der Waals surface area contributed by atoms with Gasteiger partial charge < -0.3 is 14.7 Å². The third-order valence-corrected chi connectivity index (χ3v) is 4.51. The van der Waals surface area contributed by atoms with E-state index in [1.54, 1.807) is 23.1 Å². The van der Waals surface area contributed by atoms with E-state index in [9.17, 15) is 14.0 Å². The van der Waals surface area contributed by atoms with Crippen molar-refractivity contribution in [2.24, 2.45) is 0 Å². The molecule has 0 atom stereocenters. The monoisotopic (exact) mass is 335 g/mol. The highest BCUT2D eigenvalue weighted by Gasteiger charge is 2.20. The SMILES string of the molecule is CC(=O)N(CCC(=O)N1CCN(C)CC1)CCc1ccccc1F. The van der Waals surface area contributed by atoms with Crippen molar-refractivity contribution in [3.05, 3.63) is 35.6 Å². The Morgan fingerprint density at radius 1 is 1.12 bits per heavy atom. The molecule has 6 heteroatoms. The predicted octanol–water partition coefficient (Wildman–Crippen LogP) is 1.38. The normalized spacial score (nSPS) is 15.4. The molecule has 1 heterocycles. The molecule has 2 rings (SSSR count). The molecule has 2 amide bonds. The zero-order valence-electron chi connectivity index (χ0n) is 14.5. The highest BCUT2D eigenvalue weighted by Crippen LogP contribution is 2.09. The smallest absolute Gasteiger partial charge is 0.224 e. The Labute approximate surface area is 143 Å². The van der Waals surface area contributed by atoms with E-state index in [0.29, 0.717) is 31.5 Å². The molecule has 1 aliphatic heterocycles. The molecule has 0 saturated carbocycles. The maximum Gasteiger partial charge on any atom is 0.224 e. The number of hydrogen-bond acceptors (Lipinski definition) is 3. The van der Waals surface area contributed by atoms with Gasteiger partial charge in [-0.05, 0) is 25.1 Å². The highest BCUT2D eigenvalue weighted by molar-refractivity contribution is 5.78. The molecule has 1 saturated heterocycles. The van der Waals surface area contributed by atoms with E-state index in [0.717, 1.165) is 26.2 Å².